The van der Waals surface area contributed by atoms with E-state index in [1.807, 2.05) is 0 Å². The van der Waals surface area contributed by atoms with Crippen molar-refractivity contribution in [2.45, 2.75) is 164 Å². The molecule has 0 saturated carbocycles. The van der Waals surface area contributed by atoms with Crippen molar-refractivity contribution in [3.63, 3.8) is 0 Å². The Hall–Kier alpha value is -1.60. The molecule has 0 aromatic carbocycles. The van der Waals surface area contributed by atoms with E-state index in [4.69, 9.17) is 9.68 Å². The second-order valence-corrected chi connectivity index (χ2v) is 14.2. The largest absolute Gasteiger partial charge is 0.308 e. The lowest BCUT2D eigenvalue weighted by Gasteiger charge is -2.57. The molecule has 0 radical (unpaired) electrons. The highest BCUT2D eigenvalue weighted by Crippen LogP contribution is 2.59. The van der Waals surface area contributed by atoms with Crippen LogP contribution in [0.1, 0.15) is 153 Å². The van der Waals surface area contributed by atoms with Gasteiger partial charge < -0.3 is 9.68 Å². The molecule has 0 unspecified atom stereocenters. The summed E-state index contributed by atoms with van der Waals surface area (Å²) >= 11 is 0. The van der Waals surface area contributed by atoms with Crippen molar-refractivity contribution < 1.29 is 19.8 Å². The molecule has 37 heavy (non-hydrogen) atoms. The number of hydrogen-bond acceptors (Lipinski definition) is 6. The van der Waals surface area contributed by atoms with Crippen LogP contribution in [-0.4, -0.2) is 21.4 Å². The summed E-state index contributed by atoms with van der Waals surface area (Å²) in [6.45, 7) is 22.7. The summed E-state index contributed by atoms with van der Waals surface area (Å²) in [6.07, 6.45) is 12.5. The van der Waals surface area contributed by atoms with Crippen molar-refractivity contribution in [2.75, 3.05) is 0 Å². The summed E-state index contributed by atoms with van der Waals surface area (Å²) in [5.74, 6) is 0.111. The predicted molar refractivity (Wildman–Crippen MR) is 150 cm³/mol. The minimum absolute atomic E-state index is 0.0517. The maximum Gasteiger partial charge on any atom is 0.295 e. The van der Waals surface area contributed by atoms with Gasteiger partial charge >= 0.3 is 0 Å². The molecule has 0 aliphatic carbocycles. The molecule has 0 aromatic rings. The Morgan fingerprint density at radius 3 is 1.19 bits per heavy atom. The Morgan fingerprint density at radius 1 is 0.595 bits per heavy atom. The maximum absolute atomic E-state index is 11.3. The molecule has 0 heterocycles. The molecule has 0 aliphatic rings. The highest BCUT2D eigenvalue weighted by Gasteiger charge is 2.53. The molecule has 0 bridgehead atoms. The highest BCUT2D eigenvalue weighted by atomic mass is 17.0. The van der Waals surface area contributed by atoms with E-state index in [-0.39, 0.29) is 22.2 Å². The first-order valence-electron chi connectivity index (χ1n) is 14.4. The monoisotopic (exact) mass is 530 g/mol. The lowest BCUT2D eigenvalue weighted by Crippen LogP contribution is -2.52. The van der Waals surface area contributed by atoms with Crippen molar-refractivity contribution in [1.29, 1.82) is 0 Å². The van der Waals surface area contributed by atoms with Crippen LogP contribution in [0.3, 0.4) is 0 Å². The number of hydrogen-bond donors (Lipinski definition) is 0. The van der Waals surface area contributed by atoms with E-state index in [1.165, 1.54) is 38.5 Å². The van der Waals surface area contributed by atoms with Gasteiger partial charge in [-0.1, -0.05) is 99.8 Å². The van der Waals surface area contributed by atoms with Crippen LogP contribution in [0.2, 0.25) is 0 Å². The van der Waals surface area contributed by atoms with E-state index in [0.29, 0.717) is 12.8 Å². The van der Waals surface area contributed by atoms with Gasteiger partial charge in [0.1, 0.15) is 11.2 Å². The minimum atomic E-state index is -0.959. The first-order chi connectivity index (χ1) is 16.7. The zero-order chi connectivity index (χ0) is 29.1. The molecule has 0 spiro atoms. The third-order valence-corrected chi connectivity index (χ3v) is 7.87. The molecule has 0 amide bonds. The van der Waals surface area contributed by atoms with Gasteiger partial charge in [0.05, 0.1) is 0 Å². The molecule has 0 fully saturated rings. The number of rotatable bonds is 21. The predicted octanol–water partition coefficient (Wildman–Crippen LogP) is 9.36. The zero-order valence-electron chi connectivity index (χ0n) is 25.9. The number of nitrogens with zero attached hydrogens (tertiary/aromatic N) is 2. The molecule has 0 atom stereocenters. The maximum atomic E-state index is 11.3. The van der Waals surface area contributed by atoms with Crippen LogP contribution in [-0.2, 0) is 9.68 Å². The topological polar surface area (TPSA) is 105 Å². The molecule has 0 saturated heterocycles. The summed E-state index contributed by atoms with van der Waals surface area (Å²) < 4.78 is 0. The van der Waals surface area contributed by atoms with Crippen molar-refractivity contribution in [2.24, 2.45) is 22.2 Å². The van der Waals surface area contributed by atoms with E-state index < -0.39 is 21.4 Å². The van der Waals surface area contributed by atoms with Crippen LogP contribution < -0.4 is 0 Å². The van der Waals surface area contributed by atoms with Crippen LogP contribution >= 0.6 is 0 Å². The molecule has 0 N–H and O–H groups in total. The molecule has 8 heteroatoms. The van der Waals surface area contributed by atoms with Gasteiger partial charge in [0.25, 0.3) is 10.2 Å². The highest BCUT2D eigenvalue weighted by molar-refractivity contribution is 5.02. The van der Waals surface area contributed by atoms with Crippen LogP contribution in [0.5, 0.6) is 0 Å². The van der Waals surface area contributed by atoms with Gasteiger partial charge in [0, 0.05) is 0 Å². The van der Waals surface area contributed by atoms with Gasteiger partial charge in [-0.05, 0) is 75.5 Å². The van der Waals surface area contributed by atoms with E-state index in [9.17, 15) is 20.2 Å². The molecule has 8 nitrogen and oxygen atoms in total. The van der Waals surface area contributed by atoms with Crippen LogP contribution in [0.25, 0.3) is 0 Å². The Bertz CT molecular complexity index is 649. The lowest BCUT2D eigenvalue weighted by atomic mass is 9.49. The Morgan fingerprint density at radius 2 is 0.919 bits per heavy atom. The number of unbranched alkanes of at least 4 members (excludes halogenated alkanes) is 6. The Labute approximate surface area is 226 Å². The third kappa shape index (κ3) is 13.2. The second-order valence-electron chi connectivity index (χ2n) is 14.2. The smallest absolute Gasteiger partial charge is 0.295 e. The normalized spacial score (nSPS) is 13.6. The Kier molecular flexibility index (Phi) is 13.9. The fourth-order valence-electron chi connectivity index (χ4n) is 8.14. The van der Waals surface area contributed by atoms with Gasteiger partial charge in [-0.3, -0.25) is 0 Å². The van der Waals surface area contributed by atoms with Crippen LogP contribution in [0, 0.1) is 42.4 Å². The van der Waals surface area contributed by atoms with Crippen molar-refractivity contribution in [3.05, 3.63) is 20.2 Å². The molecule has 220 valence electrons. The first-order valence-corrected chi connectivity index (χ1v) is 14.4. The van der Waals surface area contributed by atoms with Gasteiger partial charge in [0.2, 0.25) is 0 Å². The molecular formula is C29H58N2O6. The van der Waals surface area contributed by atoms with Gasteiger partial charge in [-0.15, -0.1) is 20.2 Å². The second kappa shape index (κ2) is 14.5. The van der Waals surface area contributed by atoms with Crippen molar-refractivity contribution >= 4 is 0 Å². The zero-order valence-corrected chi connectivity index (χ0v) is 25.9. The van der Waals surface area contributed by atoms with E-state index in [0.717, 1.165) is 25.7 Å². The summed E-state index contributed by atoms with van der Waals surface area (Å²) in [5, 5.41) is 21.1. The lowest BCUT2D eigenvalue weighted by molar-refractivity contribution is -0.780. The fraction of sp³-hybridized carbons (Fsp3) is 1.00. The van der Waals surface area contributed by atoms with Gasteiger partial charge in [0.15, 0.2) is 0 Å². The first kappa shape index (κ1) is 35.4. The van der Waals surface area contributed by atoms with Crippen LogP contribution in [0.15, 0.2) is 0 Å². The molecular weight excluding hydrogens is 472 g/mol. The average molecular weight is 531 g/mol. The summed E-state index contributed by atoms with van der Waals surface area (Å²) in [4.78, 5) is 32.8. The Balaban J connectivity index is 6.60. The summed E-state index contributed by atoms with van der Waals surface area (Å²) in [6, 6.07) is 0. The fourth-order valence-corrected chi connectivity index (χ4v) is 8.14. The van der Waals surface area contributed by atoms with Crippen LogP contribution in [0.4, 0.5) is 0 Å². The molecule has 0 rings (SSSR count). The average Bonchev–Trinajstić information content (AvgIpc) is 2.64. The van der Waals surface area contributed by atoms with Gasteiger partial charge in [-0.25, -0.2) is 0 Å². The standard InChI is InChI=1S/C29H58N2O6/c1-12-14-16-18-20-29(11,21-19-17-15-13-2)24(25(3,4)22-27(7,8)36-30(32)33)26(5,6)23-28(9,10)37-31(34)35/h24H,12-23H2,1-11H3. The molecule has 0 aliphatic heterocycles. The van der Waals surface area contributed by atoms with E-state index in [1.54, 1.807) is 27.7 Å². The van der Waals surface area contributed by atoms with E-state index >= 15 is 0 Å². The molecule has 0 aromatic heterocycles. The quantitative estimate of drug-likeness (QED) is 0.0831. The summed E-state index contributed by atoms with van der Waals surface area (Å²) in [7, 11) is 0. The third-order valence-electron chi connectivity index (χ3n) is 7.87. The van der Waals surface area contributed by atoms with Crippen molar-refractivity contribution in [3.8, 4) is 0 Å². The van der Waals surface area contributed by atoms with Crippen molar-refractivity contribution in [1.82, 2.24) is 0 Å². The summed E-state index contributed by atoms with van der Waals surface area (Å²) in [5.41, 5.74) is -2.67. The van der Waals surface area contributed by atoms with Gasteiger partial charge in [-0.2, -0.15) is 0 Å². The van der Waals surface area contributed by atoms with E-state index in [2.05, 4.69) is 48.5 Å². The SMILES string of the molecule is CCCCCCC(C)(CCCCCC)C(C(C)(C)CC(C)(C)O[N+](=O)[O-])C(C)(C)CC(C)(C)O[N+](=O)[O-]. The minimum Gasteiger partial charge on any atom is -0.308 e.